The smallest absolute Gasteiger partial charge is 0.423 e. The van der Waals surface area contributed by atoms with Crippen molar-refractivity contribution in [2.75, 3.05) is 6.61 Å². The molecule has 182 valence electrons. The van der Waals surface area contributed by atoms with Gasteiger partial charge in [0.15, 0.2) is 0 Å². The fourth-order valence-electron chi connectivity index (χ4n) is 3.40. The van der Waals surface area contributed by atoms with Crippen LogP contribution in [0.2, 0.25) is 0 Å². The van der Waals surface area contributed by atoms with Crippen LogP contribution in [0.15, 0.2) is 48.6 Å². The average molecular weight is 478 g/mol. The van der Waals surface area contributed by atoms with E-state index in [0.29, 0.717) is 16.3 Å². The molecular formula is C23H24F6O4. The lowest BCUT2D eigenvalue weighted by Gasteiger charge is -2.39. The van der Waals surface area contributed by atoms with E-state index in [1.807, 2.05) is 0 Å². The molecule has 0 fully saturated rings. The lowest BCUT2D eigenvalue weighted by atomic mass is 9.84. The highest BCUT2D eigenvalue weighted by atomic mass is 19.4. The Morgan fingerprint density at radius 1 is 1.00 bits per heavy atom. The molecule has 0 spiro atoms. The lowest BCUT2D eigenvalue weighted by Crippen LogP contribution is -2.60. The molecule has 2 rings (SSSR count). The van der Waals surface area contributed by atoms with Crippen molar-refractivity contribution in [1.29, 1.82) is 0 Å². The molecule has 10 heteroatoms. The molecule has 1 N–H and O–H groups in total. The van der Waals surface area contributed by atoms with E-state index in [1.165, 1.54) is 31.2 Å². The topological polar surface area (TPSA) is 55.8 Å². The Morgan fingerprint density at radius 3 is 2.06 bits per heavy atom. The number of esters is 1. The first-order valence-corrected chi connectivity index (χ1v) is 10.0. The monoisotopic (exact) mass is 478 g/mol. The Balaban J connectivity index is 2.52. The number of hydrogen-bond donors (Lipinski definition) is 1. The first-order chi connectivity index (χ1) is 15.1. The van der Waals surface area contributed by atoms with Gasteiger partial charge in [0.05, 0.1) is 12.2 Å². The SMILES string of the molecule is C=C(C)C(=O)Oc1ccc2c(C(CC)(CC)OCC(O)(C(F)(F)F)C(F)(F)F)cccc2c1. The molecule has 0 aromatic heterocycles. The Morgan fingerprint density at radius 2 is 1.58 bits per heavy atom. The molecule has 0 atom stereocenters. The van der Waals surface area contributed by atoms with Crippen LogP contribution in [0.25, 0.3) is 10.8 Å². The molecule has 33 heavy (non-hydrogen) atoms. The number of rotatable bonds is 8. The van der Waals surface area contributed by atoms with E-state index in [1.54, 1.807) is 26.0 Å². The van der Waals surface area contributed by atoms with Gasteiger partial charge in [0.2, 0.25) is 0 Å². The molecule has 0 heterocycles. The minimum absolute atomic E-state index is 0.0286. The zero-order chi connectivity index (χ0) is 25.2. The van der Waals surface area contributed by atoms with Crippen LogP contribution >= 0.6 is 0 Å². The van der Waals surface area contributed by atoms with Gasteiger partial charge in [0.25, 0.3) is 5.60 Å². The second-order valence-corrected chi connectivity index (χ2v) is 7.70. The summed E-state index contributed by atoms with van der Waals surface area (Å²) in [5.41, 5.74) is -6.06. The summed E-state index contributed by atoms with van der Waals surface area (Å²) in [5, 5.41) is 10.5. The van der Waals surface area contributed by atoms with Crippen molar-refractivity contribution in [2.24, 2.45) is 0 Å². The number of alkyl halides is 6. The van der Waals surface area contributed by atoms with Crippen molar-refractivity contribution < 1.29 is 45.7 Å². The minimum atomic E-state index is -5.99. The number of halogens is 6. The maximum Gasteiger partial charge on any atom is 0.428 e. The Bertz CT molecular complexity index is 1010. The number of benzene rings is 2. The van der Waals surface area contributed by atoms with Gasteiger partial charge in [-0.05, 0) is 48.2 Å². The number of aliphatic hydroxyl groups is 1. The number of ether oxygens (including phenoxy) is 2. The van der Waals surface area contributed by atoms with Crippen LogP contribution in [0.3, 0.4) is 0 Å². The summed E-state index contributed by atoms with van der Waals surface area (Å²) in [5.74, 6) is -0.459. The summed E-state index contributed by atoms with van der Waals surface area (Å²) in [6, 6.07) is 9.24. The van der Waals surface area contributed by atoms with Gasteiger partial charge in [-0.15, -0.1) is 0 Å². The van der Waals surface area contributed by atoms with E-state index in [4.69, 9.17) is 9.47 Å². The van der Waals surface area contributed by atoms with Crippen molar-refractivity contribution in [3.05, 3.63) is 54.1 Å². The first kappa shape index (κ1) is 26.7. The van der Waals surface area contributed by atoms with Crippen LogP contribution in [0.1, 0.15) is 39.2 Å². The molecule has 0 amide bonds. The van der Waals surface area contributed by atoms with Gasteiger partial charge in [-0.1, -0.05) is 44.7 Å². The first-order valence-electron chi connectivity index (χ1n) is 10.0. The largest absolute Gasteiger partial charge is 0.428 e. The predicted octanol–water partition coefficient (Wildman–Crippen LogP) is 6.21. The predicted molar refractivity (Wildman–Crippen MR) is 110 cm³/mol. The van der Waals surface area contributed by atoms with E-state index in [0.717, 1.165) is 0 Å². The van der Waals surface area contributed by atoms with Crippen LogP contribution in [-0.4, -0.2) is 35.6 Å². The fraction of sp³-hybridized carbons (Fsp3) is 0.435. The third-order valence-corrected chi connectivity index (χ3v) is 5.54. The third-order valence-electron chi connectivity index (χ3n) is 5.54. The summed E-state index contributed by atoms with van der Waals surface area (Å²) >= 11 is 0. The summed E-state index contributed by atoms with van der Waals surface area (Å²) in [6.07, 6.45) is -11.9. The van der Waals surface area contributed by atoms with Gasteiger partial charge in [0.1, 0.15) is 5.75 Å². The van der Waals surface area contributed by atoms with Gasteiger partial charge < -0.3 is 14.6 Å². The minimum Gasteiger partial charge on any atom is -0.423 e. The van der Waals surface area contributed by atoms with Crippen molar-refractivity contribution in [1.82, 2.24) is 0 Å². The molecule has 0 aliphatic carbocycles. The van der Waals surface area contributed by atoms with Gasteiger partial charge in [0, 0.05) is 5.57 Å². The normalized spacial score (nSPS) is 13.3. The lowest BCUT2D eigenvalue weighted by molar-refractivity contribution is -0.383. The Hall–Kier alpha value is -2.59. The quantitative estimate of drug-likeness (QED) is 0.212. The molecule has 0 unspecified atom stereocenters. The Labute approximate surface area is 186 Å². The highest BCUT2D eigenvalue weighted by molar-refractivity contribution is 5.91. The molecule has 2 aromatic carbocycles. The summed E-state index contributed by atoms with van der Waals surface area (Å²) < 4.78 is 89.3. The standard InChI is InChI=1S/C23H24F6O4/c1-5-20(6-2,32-13-21(31,22(24,25)26)23(27,28)29)18-9-7-8-15-12-16(10-11-17(15)18)33-19(30)14(3)4/h7-12,31H,3,5-6,13H2,1-2,4H3. The second kappa shape index (κ2) is 9.34. The number of hydrogen-bond acceptors (Lipinski definition) is 4. The van der Waals surface area contributed by atoms with Gasteiger partial charge in [-0.3, -0.25) is 0 Å². The fourth-order valence-corrected chi connectivity index (χ4v) is 3.40. The number of fused-ring (bicyclic) bond motifs is 1. The molecule has 2 aromatic rings. The second-order valence-electron chi connectivity index (χ2n) is 7.70. The highest BCUT2D eigenvalue weighted by Crippen LogP contribution is 2.46. The summed E-state index contributed by atoms with van der Waals surface area (Å²) in [4.78, 5) is 11.8. The van der Waals surface area contributed by atoms with Crippen molar-refractivity contribution in [3.8, 4) is 5.75 Å². The molecule has 0 saturated carbocycles. The molecule has 0 aliphatic rings. The highest BCUT2D eigenvalue weighted by Gasteiger charge is 2.71. The molecule has 0 saturated heterocycles. The van der Waals surface area contributed by atoms with Gasteiger partial charge >= 0.3 is 18.3 Å². The third kappa shape index (κ3) is 5.16. The number of carbonyl (C=O) groups is 1. The maximum absolute atomic E-state index is 13.1. The zero-order valence-electron chi connectivity index (χ0n) is 18.2. The summed E-state index contributed by atoms with van der Waals surface area (Å²) in [6.45, 7) is 6.06. The van der Waals surface area contributed by atoms with Crippen LogP contribution < -0.4 is 4.74 Å². The van der Waals surface area contributed by atoms with Crippen LogP contribution in [0.4, 0.5) is 26.3 Å². The van der Waals surface area contributed by atoms with Crippen molar-refractivity contribution >= 4 is 16.7 Å². The van der Waals surface area contributed by atoms with Crippen molar-refractivity contribution in [3.63, 3.8) is 0 Å². The molecule has 0 radical (unpaired) electrons. The van der Waals surface area contributed by atoms with Gasteiger partial charge in [-0.25, -0.2) is 4.79 Å². The Kier molecular flexibility index (Phi) is 7.55. The molecule has 0 aliphatic heterocycles. The zero-order valence-corrected chi connectivity index (χ0v) is 18.2. The van der Waals surface area contributed by atoms with E-state index in [-0.39, 0.29) is 24.2 Å². The number of carbonyl (C=O) groups excluding carboxylic acids is 1. The molecular weight excluding hydrogens is 454 g/mol. The molecule has 4 nitrogen and oxygen atoms in total. The van der Waals surface area contributed by atoms with E-state index in [2.05, 4.69) is 6.58 Å². The maximum atomic E-state index is 13.1. The van der Waals surface area contributed by atoms with Crippen molar-refractivity contribution in [2.45, 2.75) is 57.2 Å². The van der Waals surface area contributed by atoms with E-state index in [9.17, 15) is 36.2 Å². The van der Waals surface area contributed by atoms with Crippen LogP contribution in [0.5, 0.6) is 5.75 Å². The van der Waals surface area contributed by atoms with Crippen LogP contribution in [0, 0.1) is 0 Å². The molecule has 0 bridgehead atoms. The summed E-state index contributed by atoms with van der Waals surface area (Å²) in [7, 11) is 0. The van der Waals surface area contributed by atoms with E-state index < -0.39 is 36.1 Å². The van der Waals surface area contributed by atoms with E-state index >= 15 is 0 Å². The van der Waals surface area contributed by atoms with Gasteiger partial charge in [-0.2, -0.15) is 26.3 Å². The van der Waals surface area contributed by atoms with Crippen LogP contribution in [-0.2, 0) is 15.1 Å². The average Bonchev–Trinajstić information content (AvgIpc) is 2.72.